The van der Waals surface area contributed by atoms with Crippen LogP contribution in [0.5, 0.6) is 11.5 Å². The summed E-state index contributed by atoms with van der Waals surface area (Å²) in [5.74, 6) is 0.327. The number of nitrogens with zero attached hydrogens (tertiary/aromatic N) is 6. The number of aromatic nitrogens is 2. The first-order chi connectivity index (χ1) is 24.2. The molecule has 3 heterocycles. The van der Waals surface area contributed by atoms with E-state index >= 15 is 0 Å². The predicted octanol–water partition coefficient (Wildman–Crippen LogP) is 4.48. The van der Waals surface area contributed by atoms with Gasteiger partial charge in [-0.15, -0.1) is 0 Å². The Morgan fingerprint density at radius 2 is 1.72 bits per heavy atom. The van der Waals surface area contributed by atoms with Crippen molar-refractivity contribution in [2.24, 2.45) is 0 Å². The third-order valence-corrected chi connectivity index (χ3v) is 8.95. The lowest BCUT2D eigenvalue weighted by Gasteiger charge is -2.34. The maximum Gasteiger partial charge on any atom is 0.259 e. The Hall–Kier alpha value is -5.95. The first kappa shape index (κ1) is 33.9. The Balaban J connectivity index is 1.39. The summed E-state index contributed by atoms with van der Waals surface area (Å²) in [5.41, 5.74) is 3.48. The Bertz CT molecular complexity index is 1910. The van der Waals surface area contributed by atoms with Crippen molar-refractivity contribution in [3.05, 3.63) is 96.7 Å². The number of hydrogen-bond donors (Lipinski definition) is 2. The van der Waals surface area contributed by atoms with E-state index in [0.29, 0.717) is 28.6 Å². The number of methoxy groups -OCH3 is 2. The van der Waals surface area contributed by atoms with Crippen LogP contribution < -0.4 is 29.9 Å². The summed E-state index contributed by atoms with van der Waals surface area (Å²) in [6.07, 6.45) is 2.82. The molecular formula is C37H40N8O5. The molecule has 3 aromatic carbocycles. The number of rotatable bonds is 10. The standard InChI is InChI=1S/C37H40N8O5/c1-6-33(46)39-25-8-7-9-27(21-25)45-34-29(35(47)43(3)31(36(45)48)20-24-10-13-28(49-4)14-11-24)23-38-37(41-34)40-30-15-12-26(22-32(30)50-5)44-18-16-42(2)17-19-44/h6-15,21-23,31H,1,16-20H2,2-5H3,(H,39,46)(H,38,40,41). The number of ether oxygens (including phenoxy) is 2. The quantitative estimate of drug-likeness (QED) is 0.232. The van der Waals surface area contributed by atoms with Crippen LogP contribution in [0.3, 0.4) is 0 Å². The van der Waals surface area contributed by atoms with Gasteiger partial charge in [0.25, 0.3) is 11.8 Å². The fraction of sp³-hybridized carbons (Fsp3) is 0.270. The third-order valence-electron chi connectivity index (χ3n) is 8.95. The molecule has 50 heavy (non-hydrogen) atoms. The minimum atomic E-state index is -0.893. The van der Waals surface area contributed by atoms with Crippen molar-refractivity contribution in [2.45, 2.75) is 12.5 Å². The highest BCUT2D eigenvalue weighted by Crippen LogP contribution is 2.37. The number of piperazine rings is 1. The molecule has 0 aliphatic carbocycles. The van der Waals surface area contributed by atoms with Gasteiger partial charge in [0.1, 0.15) is 23.1 Å². The highest BCUT2D eigenvalue weighted by molar-refractivity contribution is 6.13. The molecule has 2 aliphatic heterocycles. The van der Waals surface area contributed by atoms with Gasteiger partial charge in [0, 0.05) is 63.3 Å². The summed E-state index contributed by atoms with van der Waals surface area (Å²) in [5, 5.41) is 5.98. The number of likely N-dealkylation sites (N-methyl/N-ethyl adjacent to an activating group) is 2. The zero-order valence-corrected chi connectivity index (χ0v) is 28.6. The smallest absolute Gasteiger partial charge is 0.259 e. The van der Waals surface area contributed by atoms with Crippen molar-refractivity contribution >= 4 is 52.2 Å². The second-order valence-electron chi connectivity index (χ2n) is 12.1. The number of carbonyl (C=O) groups is 3. The fourth-order valence-electron chi connectivity index (χ4n) is 6.04. The second-order valence-corrected chi connectivity index (χ2v) is 12.1. The molecule has 1 unspecified atom stereocenters. The number of nitrogens with one attached hydrogen (secondary N) is 2. The van der Waals surface area contributed by atoms with Gasteiger partial charge in [-0.1, -0.05) is 24.8 Å². The highest BCUT2D eigenvalue weighted by atomic mass is 16.5. The van der Waals surface area contributed by atoms with E-state index in [2.05, 4.69) is 39.0 Å². The molecule has 0 saturated carbocycles. The van der Waals surface area contributed by atoms with Crippen molar-refractivity contribution in [3.8, 4) is 11.5 Å². The summed E-state index contributed by atoms with van der Waals surface area (Å²) < 4.78 is 11.1. The largest absolute Gasteiger partial charge is 0.497 e. The van der Waals surface area contributed by atoms with Gasteiger partial charge in [0.15, 0.2) is 5.82 Å². The predicted molar refractivity (Wildman–Crippen MR) is 193 cm³/mol. The van der Waals surface area contributed by atoms with Gasteiger partial charge in [-0.3, -0.25) is 19.3 Å². The number of fused-ring (bicyclic) bond motifs is 1. The monoisotopic (exact) mass is 676 g/mol. The van der Waals surface area contributed by atoms with Crippen molar-refractivity contribution in [3.63, 3.8) is 0 Å². The van der Waals surface area contributed by atoms with Gasteiger partial charge >= 0.3 is 0 Å². The lowest BCUT2D eigenvalue weighted by atomic mass is 10.0. The molecule has 1 fully saturated rings. The number of hydrogen-bond acceptors (Lipinski definition) is 10. The lowest BCUT2D eigenvalue weighted by Crippen LogP contribution is -2.46. The number of anilines is 6. The van der Waals surface area contributed by atoms with Crippen LogP contribution >= 0.6 is 0 Å². The first-order valence-electron chi connectivity index (χ1n) is 16.2. The van der Waals surface area contributed by atoms with E-state index in [0.717, 1.165) is 43.5 Å². The average Bonchev–Trinajstić information content (AvgIpc) is 3.21. The highest BCUT2D eigenvalue weighted by Gasteiger charge is 2.40. The van der Waals surface area contributed by atoms with Crippen LogP contribution in [0.2, 0.25) is 0 Å². The van der Waals surface area contributed by atoms with E-state index in [1.165, 1.54) is 16.0 Å². The van der Waals surface area contributed by atoms with Gasteiger partial charge in [-0.05, 0) is 61.2 Å². The van der Waals surface area contributed by atoms with Gasteiger partial charge in [0.05, 0.1) is 25.6 Å². The van der Waals surface area contributed by atoms with E-state index < -0.39 is 17.9 Å². The van der Waals surface area contributed by atoms with E-state index in [-0.39, 0.29) is 29.7 Å². The molecule has 258 valence electrons. The summed E-state index contributed by atoms with van der Waals surface area (Å²) in [6.45, 7) is 7.28. The van der Waals surface area contributed by atoms with Crippen molar-refractivity contribution < 1.29 is 23.9 Å². The summed E-state index contributed by atoms with van der Waals surface area (Å²) in [6, 6.07) is 19.1. The summed E-state index contributed by atoms with van der Waals surface area (Å²) >= 11 is 0. The van der Waals surface area contributed by atoms with Gasteiger partial charge in [-0.2, -0.15) is 4.98 Å². The van der Waals surface area contributed by atoms with Crippen molar-refractivity contribution in [1.82, 2.24) is 19.8 Å². The number of benzene rings is 3. The SMILES string of the molecule is C=CC(=O)Nc1cccc(N2C(=O)C(Cc3ccc(OC)cc3)N(C)C(=O)c3cnc(Nc4ccc(N5CCN(C)CC5)cc4OC)nc32)c1. The van der Waals surface area contributed by atoms with E-state index in [1.807, 2.05) is 42.5 Å². The van der Waals surface area contributed by atoms with Crippen molar-refractivity contribution in [2.75, 3.05) is 74.9 Å². The maximum atomic E-state index is 14.7. The van der Waals surface area contributed by atoms with Crippen LogP contribution in [0.25, 0.3) is 0 Å². The van der Waals surface area contributed by atoms with Gasteiger partial charge < -0.3 is 34.8 Å². The molecule has 4 aromatic rings. The molecule has 6 rings (SSSR count). The molecule has 2 N–H and O–H groups in total. The second kappa shape index (κ2) is 14.7. The minimum absolute atomic E-state index is 0.0989. The van der Waals surface area contributed by atoms with Crippen LogP contribution in [0.4, 0.5) is 34.5 Å². The lowest BCUT2D eigenvalue weighted by molar-refractivity contribution is -0.121. The van der Waals surface area contributed by atoms with Crippen LogP contribution in [0.1, 0.15) is 15.9 Å². The third kappa shape index (κ3) is 7.08. The maximum absolute atomic E-state index is 14.7. The molecule has 0 bridgehead atoms. The van der Waals surface area contributed by atoms with Crippen LogP contribution in [0.15, 0.2) is 85.6 Å². The molecule has 2 aliphatic rings. The average molecular weight is 677 g/mol. The molecule has 1 aromatic heterocycles. The van der Waals surface area contributed by atoms with Crippen LogP contribution in [-0.2, 0) is 16.0 Å². The van der Waals surface area contributed by atoms with Crippen molar-refractivity contribution in [1.29, 1.82) is 0 Å². The first-order valence-corrected chi connectivity index (χ1v) is 16.2. The van der Waals surface area contributed by atoms with E-state index in [4.69, 9.17) is 14.5 Å². The fourth-order valence-corrected chi connectivity index (χ4v) is 6.04. The molecule has 1 atom stereocenters. The number of amides is 3. The van der Waals surface area contributed by atoms with Crippen LogP contribution in [-0.4, -0.2) is 98.0 Å². The molecule has 1 saturated heterocycles. The molecule has 0 spiro atoms. The zero-order valence-electron chi connectivity index (χ0n) is 28.6. The van der Waals surface area contributed by atoms with Gasteiger partial charge in [0.2, 0.25) is 11.9 Å². The Morgan fingerprint density at radius 1 is 0.960 bits per heavy atom. The number of carbonyl (C=O) groups excluding carboxylic acids is 3. The van der Waals surface area contributed by atoms with Crippen LogP contribution in [0, 0.1) is 0 Å². The molecule has 3 amide bonds. The molecule has 13 nitrogen and oxygen atoms in total. The van der Waals surface area contributed by atoms with E-state index in [9.17, 15) is 14.4 Å². The molecule has 0 radical (unpaired) electrons. The molecular weight excluding hydrogens is 636 g/mol. The molecule has 13 heteroatoms. The minimum Gasteiger partial charge on any atom is -0.497 e. The van der Waals surface area contributed by atoms with Gasteiger partial charge in [-0.25, -0.2) is 4.98 Å². The summed E-state index contributed by atoms with van der Waals surface area (Å²) in [4.78, 5) is 57.5. The zero-order chi connectivity index (χ0) is 35.4. The Labute approximate surface area is 291 Å². The topological polar surface area (TPSA) is 132 Å². The Morgan fingerprint density at radius 3 is 2.42 bits per heavy atom. The normalized spacial score (nSPS) is 16.4. The summed E-state index contributed by atoms with van der Waals surface area (Å²) in [7, 11) is 6.90. The Kier molecular flexibility index (Phi) is 9.95. The van der Waals surface area contributed by atoms with E-state index in [1.54, 1.807) is 45.5 Å².